The zero-order valence-corrected chi connectivity index (χ0v) is 9.42. The maximum absolute atomic E-state index is 11.4. The lowest BCUT2D eigenvalue weighted by Gasteiger charge is -2.09. The Balaban J connectivity index is 2.58. The fourth-order valence-corrected chi connectivity index (χ4v) is 1.56. The number of nitrogens with one attached hydrogen (secondary N) is 1. The highest BCUT2D eigenvalue weighted by molar-refractivity contribution is 6.30. The number of amides is 1. The van der Waals surface area contributed by atoms with Gasteiger partial charge >= 0.3 is 0 Å². The van der Waals surface area contributed by atoms with Gasteiger partial charge in [-0.1, -0.05) is 12.1 Å². The lowest BCUT2D eigenvalue weighted by Crippen LogP contribution is -2.32. The van der Waals surface area contributed by atoms with Gasteiger partial charge in [0.1, 0.15) is 5.38 Å². The van der Waals surface area contributed by atoms with Gasteiger partial charge in [-0.05, 0) is 31.0 Å². The first kappa shape index (κ1) is 11.9. The van der Waals surface area contributed by atoms with Crippen molar-refractivity contribution < 1.29 is 4.79 Å². The third-order valence-electron chi connectivity index (χ3n) is 2.00. The number of nitrogens with two attached hydrogens (primary N) is 1. The SMILES string of the molecule is CCNC(=O)C(Cl)Cc1cccc(N)c1. The predicted molar refractivity (Wildman–Crippen MR) is 62.9 cm³/mol. The van der Waals surface area contributed by atoms with Crippen LogP contribution in [0.3, 0.4) is 0 Å². The molecule has 3 N–H and O–H groups in total. The Morgan fingerprint density at radius 3 is 2.93 bits per heavy atom. The van der Waals surface area contributed by atoms with E-state index in [9.17, 15) is 4.79 Å². The molecule has 1 atom stereocenters. The summed E-state index contributed by atoms with van der Waals surface area (Å²) < 4.78 is 0. The summed E-state index contributed by atoms with van der Waals surface area (Å²) in [5.41, 5.74) is 7.29. The molecule has 1 aromatic carbocycles. The van der Waals surface area contributed by atoms with E-state index in [0.29, 0.717) is 18.7 Å². The smallest absolute Gasteiger partial charge is 0.238 e. The zero-order valence-electron chi connectivity index (χ0n) is 8.66. The van der Waals surface area contributed by atoms with Crippen LogP contribution in [-0.2, 0) is 11.2 Å². The fourth-order valence-electron chi connectivity index (χ4n) is 1.30. The quantitative estimate of drug-likeness (QED) is 0.605. The number of halogens is 1. The average Bonchev–Trinajstić information content (AvgIpc) is 2.18. The van der Waals surface area contributed by atoms with Crippen molar-refractivity contribution in [2.24, 2.45) is 0 Å². The highest BCUT2D eigenvalue weighted by Gasteiger charge is 2.14. The third-order valence-corrected chi connectivity index (χ3v) is 2.35. The Hall–Kier alpha value is -1.22. The van der Waals surface area contributed by atoms with Crippen LogP contribution < -0.4 is 11.1 Å². The molecular weight excluding hydrogens is 212 g/mol. The van der Waals surface area contributed by atoms with E-state index in [-0.39, 0.29) is 5.91 Å². The number of carbonyl (C=O) groups is 1. The van der Waals surface area contributed by atoms with Gasteiger partial charge in [0, 0.05) is 12.2 Å². The first-order valence-corrected chi connectivity index (χ1v) is 5.33. The topological polar surface area (TPSA) is 55.1 Å². The molecule has 1 aromatic rings. The Morgan fingerprint density at radius 2 is 2.33 bits per heavy atom. The van der Waals surface area contributed by atoms with Gasteiger partial charge in [-0.2, -0.15) is 0 Å². The van der Waals surface area contributed by atoms with E-state index in [1.54, 1.807) is 6.07 Å². The van der Waals surface area contributed by atoms with Crippen LogP contribution in [0, 0.1) is 0 Å². The summed E-state index contributed by atoms with van der Waals surface area (Å²) in [4.78, 5) is 11.4. The molecule has 0 aliphatic heterocycles. The number of anilines is 1. The largest absolute Gasteiger partial charge is 0.399 e. The minimum absolute atomic E-state index is 0.137. The Morgan fingerprint density at radius 1 is 1.60 bits per heavy atom. The number of nitrogen functional groups attached to an aromatic ring is 1. The van der Waals surface area contributed by atoms with Crippen molar-refractivity contribution in [1.82, 2.24) is 5.32 Å². The van der Waals surface area contributed by atoms with Gasteiger partial charge in [0.05, 0.1) is 0 Å². The van der Waals surface area contributed by atoms with Gasteiger partial charge < -0.3 is 11.1 Å². The summed E-state index contributed by atoms with van der Waals surface area (Å²) in [6.07, 6.45) is 0.498. The maximum Gasteiger partial charge on any atom is 0.238 e. The molecule has 1 rings (SSSR count). The van der Waals surface area contributed by atoms with Gasteiger partial charge in [0.25, 0.3) is 0 Å². The summed E-state index contributed by atoms with van der Waals surface area (Å²) in [6.45, 7) is 2.46. The summed E-state index contributed by atoms with van der Waals surface area (Å²) in [5.74, 6) is -0.137. The van der Waals surface area contributed by atoms with E-state index in [4.69, 9.17) is 17.3 Å². The van der Waals surface area contributed by atoms with E-state index >= 15 is 0 Å². The van der Waals surface area contributed by atoms with Crippen LogP contribution in [0.5, 0.6) is 0 Å². The van der Waals surface area contributed by atoms with Crippen LogP contribution >= 0.6 is 11.6 Å². The standard InChI is InChI=1S/C11H15ClN2O/c1-2-14-11(15)10(12)7-8-4-3-5-9(13)6-8/h3-6,10H,2,7,13H2,1H3,(H,14,15). The average molecular weight is 227 g/mol. The van der Waals surface area contributed by atoms with Gasteiger partial charge in [-0.15, -0.1) is 11.6 Å². The van der Waals surface area contributed by atoms with Crippen molar-refractivity contribution in [2.45, 2.75) is 18.7 Å². The third kappa shape index (κ3) is 3.80. The molecule has 0 heterocycles. The summed E-state index contributed by atoms with van der Waals surface area (Å²) in [6, 6.07) is 7.39. The highest BCUT2D eigenvalue weighted by Crippen LogP contribution is 2.11. The summed E-state index contributed by atoms with van der Waals surface area (Å²) in [7, 11) is 0. The van der Waals surface area contributed by atoms with Gasteiger partial charge in [-0.25, -0.2) is 0 Å². The van der Waals surface area contributed by atoms with Gasteiger partial charge in [0.15, 0.2) is 0 Å². The molecule has 0 saturated heterocycles. The number of carbonyl (C=O) groups excluding carboxylic acids is 1. The first-order valence-electron chi connectivity index (χ1n) is 4.89. The number of rotatable bonds is 4. The van der Waals surface area contributed by atoms with Crippen molar-refractivity contribution in [3.63, 3.8) is 0 Å². The second-order valence-corrected chi connectivity index (χ2v) is 3.84. The molecule has 1 amide bonds. The molecule has 0 radical (unpaired) electrons. The second-order valence-electron chi connectivity index (χ2n) is 3.31. The van der Waals surface area contributed by atoms with Crippen LogP contribution in [0.2, 0.25) is 0 Å². The minimum atomic E-state index is -0.535. The molecule has 0 saturated carbocycles. The second kappa shape index (κ2) is 5.61. The lowest BCUT2D eigenvalue weighted by atomic mass is 10.1. The molecule has 4 heteroatoms. The maximum atomic E-state index is 11.4. The Kier molecular flexibility index (Phi) is 4.43. The molecule has 15 heavy (non-hydrogen) atoms. The lowest BCUT2D eigenvalue weighted by molar-refractivity contribution is -0.120. The molecule has 3 nitrogen and oxygen atoms in total. The number of alkyl halides is 1. The molecule has 0 aliphatic carbocycles. The van der Waals surface area contributed by atoms with E-state index in [1.807, 2.05) is 25.1 Å². The molecule has 0 spiro atoms. The van der Waals surface area contributed by atoms with Gasteiger partial charge in [0.2, 0.25) is 5.91 Å². The zero-order chi connectivity index (χ0) is 11.3. The van der Waals surface area contributed by atoms with Crippen molar-refractivity contribution in [3.05, 3.63) is 29.8 Å². The summed E-state index contributed by atoms with van der Waals surface area (Å²) >= 11 is 5.94. The predicted octanol–water partition coefficient (Wildman–Crippen LogP) is 1.55. The molecule has 0 fully saturated rings. The Labute approximate surface area is 94.6 Å². The normalized spacial score (nSPS) is 12.1. The van der Waals surface area contributed by atoms with Crippen LogP contribution in [0.15, 0.2) is 24.3 Å². The van der Waals surface area contributed by atoms with Crippen molar-refractivity contribution in [1.29, 1.82) is 0 Å². The van der Waals surface area contributed by atoms with Crippen LogP contribution in [-0.4, -0.2) is 17.8 Å². The van der Waals surface area contributed by atoms with Crippen molar-refractivity contribution in [3.8, 4) is 0 Å². The molecule has 0 aliphatic rings. The minimum Gasteiger partial charge on any atom is -0.399 e. The van der Waals surface area contributed by atoms with Crippen molar-refractivity contribution in [2.75, 3.05) is 12.3 Å². The monoisotopic (exact) mass is 226 g/mol. The fraction of sp³-hybridized carbons (Fsp3) is 0.364. The molecular formula is C11H15ClN2O. The molecule has 82 valence electrons. The van der Waals surface area contributed by atoms with Gasteiger partial charge in [-0.3, -0.25) is 4.79 Å². The van der Waals surface area contributed by atoms with E-state index in [1.165, 1.54) is 0 Å². The number of hydrogen-bond acceptors (Lipinski definition) is 2. The van der Waals surface area contributed by atoms with E-state index in [2.05, 4.69) is 5.32 Å². The van der Waals surface area contributed by atoms with E-state index < -0.39 is 5.38 Å². The van der Waals surface area contributed by atoms with Crippen LogP contribution in [0.1, 0.15) is 12.5 Å². The van der Waals surface area contributed by atoms with Crippen LogP contribution in [0.4, 0.5) is 5.69 Å². The highest BCUT2D eigenvalue weighted by atomic mass is 35.5. The Bertz CT molecular complexity index is 341. The number of benzene rings is 1. The van der Waals surface area contributed by atoms with E-state index in [0.717, 1.165) is 5.56 Å². The molecule has 0 aromatic heterocycles. The van der Waals surface area contributed by atoms with Crippen LogP contribution in [0.25, 0.3) is 0 Å². The summed E-state index contributed by atoms with van der Waals surface area (Å²) in [5, 5.41) is 2.14. The molecule has 0 bridgehead atoms. The van der Waals surface area contributed by atoms with Crippen molar-refractivity contribution >= 4 is 23.2 Å². The molecule has 1 unspecified atom stereocenters. The first-order chi connectivity index (χ1) is 7.13. The number of hydrogen-bond donors (Lipinski definition) is 2.